The van der Waals surface area contributed by atoms with Gasteiger partial charge in [-0.25, -0.2) is 4.99 Å². The SMILES string of the molecule is CCN1C(=O)/C(=C2\Sc3ccccc3N2C)SC1=Nc1c(O)ccc2ccccc12. The normalized spacial score (nSPS) is 19.9. The first kappa shape index (κ1) is 19.1. The molecule has 3 aromatic carbocycles. The summed E-state index contributed by atoms with van der Waals surface area (Å²) < 4.78 is 0. The number of rotatable bonds is 2. The van der Waals surface area contributed by atoms with Gasteiger partial charge in [0.05, 0.1) is 10.7 Å². The maximum absolute atomic E-state index is 13.2. The first-order chi connectivity index (χ1) is 14.6. The number of amides is 1. The molecule has 2 aliphatic rings. The van der Waals surface area contributed by atoms with Gasteiger partial charge in [-0.3, -0.25) is 9.69 Å². The molecule has 1 saturated heterocycles. The summed E-state index contributed by atoms with van der Waals surface area (Å²) in [6.07, 6.45) is 0. The highest BCUT2D eigenvalue weighted by molar-refractivity contribution is 8.19. The summed E-state index contributed by atoms with van der Waals surface area (Å²) in [6, 6.07) is 19.4. The van der Waals surface area contributed by atoms with Crippen molar-refractivity contribution in [2.24, 2.45) is 4.99 Å². The number of nitrogens with zero attached hydrogens (tertiary/aromatic N) is 3. The van der Waals surface area contributed by atoms with Crippen LogP contribution in [0.3, 0.4) is 0 Å². The Balaban J connectivity index is 1.61. The zero-order chi connectivity index (χ0) is 20.8. The first-order valence-electron chi connectivity index (χ1n) is 9.62. The van der Waals surface area contributed by atoms with E-state index < -0.39 is 0 Å². The zero-order valence-corrected chi connectivity index (χ0v) is 18.1. The molecule has 1 fully saturated rings. The molecule has 2 heterocycles. The maximum Gasteiger partial charge on any atom is 0.269 e. The van der Waals surface area contributed by atoms with Gasteiger partial charge >= 0.3 is 0 Å². The molecule has 7 heteroatoms. The van der Waals surface area contributed by atoms with Crippen LogP contribution in [0.1, 0.15) is 6.92 Å². The van der Waals surface area contributed by atoms with Crippen molar-refractivity contribution in [3.63, 3.8) is 0 Å². The highest BCUT2D eigenvalue weighted by Crippen LogP contribution is 2.50. The Kier molecular flexibility index (Phi) is 4.72. The Labute approximate surface area is 183 Å². The van der Waals surface area contributed by atoms with Crippen molar-refractivity contribution in [1.82, 2.24) is 4.90 Å². The number of amidine groups is 1. The number of carbonyl (C=O) groups excluding carboxylic acids is 1. The van der Waals surface area contributed by atoms with Crippen molar-refractivity contribution < 1.29 is 9.90 Å². The van der Waals surface area contributed by atoms with E-state index in [2.05, 4.69) is 17.0 Å². The molecule has 0 aromatic heterocycles. The fourth-order valence-corrected chi connectivity index (χ4v) is 6.05. The molecule has 1 amide bonds. The van der Waals surface area contributed by atoms with Crippen LogP contribution in [0, 0.1) is 0 Å². The Bertz CT molecular complexity index is 1250. The molecule has 5 nitrogen and oxygen atoms in total. The molecular weight excluding hydrogens is 414 g/mol. The third kappa shape index (κ3) is 2.97. The number of anilines is 1. The van der Waals surface area contributed by atoms with Crippen LogP contribution in [0.25, 0.3) is 10.8 Å². The molecule has 1 N–H and O–H groups in total. The number of likely N-dealkylation sites (N-methyl/N-ethyl adjacent to an activating group) is 1. The predicted octanol–water partition coefficient (Wildman–Crippen LogP) is 5.54. The summed E-state index contributed by atoms with van der Waals surface area (Å²) in [4.78, 5) is 23.5. The minimum absolute atomic E-state index is 0.0527. The molecule has 3 aromatic rings. The van der Waals surface area contributed by atoms with Crippen LogP contribution < -0.4 is 4.90 Å². The number of benzene rings is 3. The van der Waals surface area contributed by atoms with Gasteiger partial charge in [0, 0.05) is 23.9 Å². The van der Waals surface area contributed by atoms with E-state index in [4.69, 9.17) is 4.99 Å². The number of fused-ring (bicyclic) bond motifs is 2. The van der Waals surface area contributed by atoms with Gasteiger partial charge in [-0.05, 0) is 42.3 Å². The second kappa shape index (κ2) is 7.41. The number of phenolic OH excluding ortho intramolecular Hbond substituents is 1. The lowest BCUT2D eigenvalue weighted by Gasteiger charge is -2.15. The lowest BCUT2D eigenvalue weighted by molar-refractivity contribution is -0.122. The van der Waals surface area contributed by atoms with E-state index in [-0.39, 0.29) is 11.7 Å². The van der Waals surface area contributed by atoms with Crippen LogP contribution in [0.5, 0.6) is 5.75 Å². The fraction of sp³-hybridized carbons (Fsp3) is 0.130. The van der Waals surface area contributed by atoms with E-state index in [0.29, 0.717) is 22.3 Å². The molecule has 0 bridgehead atoms. The Morgan fingerprint density at radius 2 is 1.77 bits per heavy atom. The monoisotopic (exact) mass is 433 g/mol. The minimum Gasteiger partial charge on any atom is -0.506 e. The van der Waals surface area contributed by atoms with Crippen molar-refractivity contribution in [1.29, 1.82) is 0 Å². The number of phenols is 1. The van der Waals surface area contributed by atoms with E-state index in [9.17, 15) is 9.90 Å². The van der Waals surface area contributed by atoms with Crippen molar-refractivity contribution in [2.75, 3.05) is 18.5 Å². The van der Waals surface area contributed by atoms with E-state index in [1.54, 1.807) is 22.7 Å². The molecule has 30 heavy (non-hydrogen) atoms. The lowest BCUT2D eigenvalue weighted by Crippen LogP contribution is -2.29. The van der Waals surface area contributed by atoms with Crippen molar-refractivity contribution >= 4 is 56.7 Å². The van der Waals surface area contributed by atoms with Gasteiger partial charge in [-0.15, -0.1) is 0 Å². The third-order valence-electron chi connectivity index (χ3n) is 5.20. The van der Waals surface area contributed by atoms with Crippen LogP contribution in [0.2, 0.25) is 0 Å². The fourth-order valence-electron chi connectivity index (χ4n) is 3.65. The average Bonchev–Trinajstić information content (AvgIpc) is 3.26. The molecule has 150 valence electrons. The molecule has 0 aliphatic carbocycles. The first-order valence-corrected chi connectivity index (χ1v) is 11.3. The minimum atomic E-state index is -0.0527. The zero-order valence-electron chi connectivity index (χ0n) is 16.5. The molecule has 2 aliphatic heterocycles. The van der Waals surface area contributed by atoms with Crippen molar-refractivity contribution in [3.05, 3.63) is 70.6 Å². The third-order valence-corrected chi connectivity index (χ3v) is 7.63. The van der Waals surface area contributed by atoms with Gasteiger partial charge in [-0.1, -0.05) is 54.2 Å². The molecule has 0 radical (unpaired) electrons. The number of para-hydroxylation sites is 1. The summed E-state index contributed by atoms with van der Waals surface area (Å²) in [5.74, 6) is 0.0503. The number of hydrogen-bond acceptors (Lipinski definition) is 6. The summed E-state index contributed by atoms with van der Waals surface area (Å²) in [5, 5.41) is 13.8. The number of thioether (sulfide) groups is 2. The topological polar surface area (TPSA) is 56.1 Å². The maximum atomic E-state index is 13.2. The predicted molar refractivity (Wildman–Crippen MR) is 125 cm³/mol. The van der Waals surface area contributed by atoms with Gasteiger partial charge in [0.25, 0.3) is 5.91 Å². The Hall–Kier alpha value is -2.90. The van der Waals surface area contributed by atoms with Crippen LogP contribution in [-0.2, 0) is 4.79 Å². The average molecular weight is 434 g/mol. The molecule has 5 rings (SSSR count). The number of carbonyl (C=O) groups is 1. The molecule has 0 saturated carbocycles. The van der Waals surface area contributed by atoms with E-state index in [1.165, 1.54) is 11.8 Å². The van der Waals surface area contributed by atoms with Crippen LogP contribution in [-0.4, -0.2) is 34.7 Å². The van der Waals surface area contributed by atoms with Gasteiger partial charge in [-0.2, -0.15) is 0 Å². The second-order valence-electron chi connectivity index (χ2n) is 6.96. The Morgan fingerprint density at radius 3 is 2.57 bits per heavy atom. The molecule has 0 atom stereocenters. The van der Waals surface area contributed by atoms with Crippen LogP contribution >= 0.6 is 23.5 Å². The molecule has 0 spiro atoms. The summed E-state index contributed by atoms with van der Waals surface area (Å²) >= 11 is 2.97. The number of aromatic hydroxyl groups is 1. The van der Waals surface area contributed by atoms with E-state index in [0.717, 1.165) is 26.4 Å². The standard InChI is InChI=1S/C23H19N3O2S2/c1-3-26-21(28)20(22-25(2)16-10-6-7-11-18(16)29-22)30-23(26)24-19-15-9-5-4-8-14(15)12-13-17(19)27/h4-13,27H,3H2,1-2H3/b22-20+,24-23?. The van der Waals surface area contributed by atoms with Crippen molar-refractivity contribution in [2.45, 2.75) is 11.8 Å². The lowest BCUT2D eigenvalue weighted by atomic mass is 10.1. The Morgan fingerprint density at radius 1 is 1.00 bits per heavy atom. The van der Waals surface area contributed by atoms with Gasteiger partial charge in [0.15, 0.2) is 5.17 Å². The largest absolute Gasteiger partial charge is 0.506 e. The van der Waals surface area contributed by atoms with Gasteiger partial charge < -0.3 is 10.0 Å². The molecular formula is C23H19N3O2S2. The van der Waals surface area contributed by atoms with Crippen LogP contribution in [0.4, 0.5) is 11.4 Å². The quantitative estimate of drug-likeness (QED) is 0.538. The van der Waals surface area contributed by atoms with Gasteiger partial charge in [0.1, 0.15) is 16.3 Å². The van der Waals surface area contributed by atoms with E-state index in [1.807, 2.05) is 56.4 Å². The number of aliphatic imine (C=N–C) groups is 1. The second-order valence-corrected chi connectivity index (χ2v) is 8.97. The van der Waals surface area contributed by atoms with E-state index >= 15 is 0 Å². The highest BCUT2D eigenvalue weighted by atomic mass is 32.2. The smallest absolute Gasteiger partial charge is 0.269 e. The molecule has 0 unspecified atom stereocenters. The van der Waals surface area contributed by atoms with Crippen LogP contribution in [0.15, 0.2) is 80.5 Å². The highest BCUT2D eigenvalue weighted by Gasteiger charge is 2.38. The summed E-state index contributed by atoms with van der Waals surface area (Å²) in [6.45, 7) is 2.44. The van der Waals surface area contributed by atoms with Crippen molar-refractivity contribution in [3.8, 4) is 5.75 Å². The number of hydrogen-bond donors (Lipinski definition) is 1. The van der Waals surface area contributed by atoms with Gasteiger partial charge in [0.2, 0.25) is 0 Å². The summed E-state index contributed by atoms with van der Waals surface area (Å²) in [7, 11) is 1.98. The summed E-state index contributed by atoms with van der Waals surface area (Å²) in [5.41, 5.74) is 1.59.